The van der Waals surface area contributed by atoms with E-state index in [1.807, 2.05) is 0 Å². The van der Waals surface area contributed by atoms with E-state index in [9.17, 15) is 37.5 Å². The topological polar surface area (TPSA) is 128 Å². The lowest BCUT2D eigenvalue weighted by Gasteiger charge is -2.21. The number of alkyl halides is 3. The molecule has 1 heterocycles. The minimum atomic E-state index is -4.44. The summed E-state index contributed by atoms with van der Waals surface area (Å²) >= 11 is 0. The molecule has 214 valence electrons. The van der Waals surface area contributed by atoms with Crippen LogP contribution < -0.4 is 20.9 Å². The van der Waals surface area contributed by atoms with Crippen molar-refractivity contribution in [2.24, 2.45) is 5.92 Å². The summed E-state index contributed by atoms with van der Waals surface area (Å²) in [5, 5.41) is 17.2. The van der Waals surface area contributed by atoms with Crippen molar-refractivity contribution in [1.82, 2.24) is 10.6 Å². The molecule has 9 nitrogen and oxygen atoms in total. The third kappa shape index (κ3) is 7.84. The number of urea groups is 1. The normalized spacial score (nSPS) is 15.7. The van der Waals surface area contributed by atoms with Crippen LogP contribution in [0.5, 0.6) is 0 Å². The summed E-state index contributed by atoms with van der Waals surface area (Å²) in [5.41, 5.74) is 1.15. The zero-order valence-corrected chi connectivity index (χ0v) is 21.6. The molecule has 0 saturated carbocycles. The Bertz CT molecular complexity index is 1410. The third-order valence-corrected chi connectivity index (χ3v) is 6.54. The number of carbonyl (C=O) groups is 4. The van der Waals surface area contributed by atoms with Gasteiger partial charge in [0.2, 0.25) is 11.8 Å². The van der Waals surface area contributed by atoms with Gasteiger partial charge >= 0.3 is 18.2 Å². The van der Waals surface area contributed by atoms with E-state index in [-0.39, 0.29) is 31.8 Å². The largest absolute Gasteiger partial charge is 0.481 e. The molecule has 1 saturated heterocycles. The van der Waals surface area contributed by atoms with Gasteiger partial charge in [0.1, 0.15) is 0 Å². The van der Waals surface area contributed by atoms with Crippen molar-refractivity contribution < 1.29 is 37.5 Å². The number of benzene rings is 3. The number of hydrogen-bond acceptors (Lipinski definition) is 4. The fourth-order valence-corrected chi connectivity index (χ4v) is 4.46. The van der Waals surface area contributed by atoms with Crippen molar-refractivity contribution >= 4 is 35.2 Å². The fourth-order valence-electron chi connectivity index (χ4n) is 4.46. The summed E-state index contributed by atoms with van der Waals surface area (Å²) in [7, 11) is 0. The highest BCUT2D eigenvalue weighted by Crippen LogP contribution is 2.30. The Morgan fingerprint density at radius 2 is 1.68 bits per heavy atom. The molecule has 2 unspecified atom stereocenters. The van der Waals surface area contributed by atoms with Gasteiger partial charge in [-0.25, -0.2) is 4.79 Å². The summed E-state index contributed by atoms with van der Waals surface area (Å²) in [4.78, 5) is 50.9. The zero-order chi connectivity index (χ0) is 29.6. The molecule has 2 atom stereocenters. The standard InChI is InChI=1S/C29H27F3N4O5/c30-29(31,32)21-11-9-18(10-12-21)16-33-28(41)34-22-7-4-8-23(14-22)36-17-20(13-25(36)37)27(40)35-24(15-26(38)39)19-5-2-1-3-6-19/h1-12,14,20,24H,13,15-17H2,(H,35,40)(H,38,39)(H2,33,34,41). The Morgan fingerprint density at radius 3 is 2.34 bits per heavy atom. The predicted octanol–water partition coefficient (Wildman–Crippen LogP) is 4.71. The average molecular weight is 569 g/mol. The number of rotatable bonds is 9. The Kier molecular flexibility index (Phi) is 8.91. The van der Waals surface area contributed by atoms with Crippen LogP contribution in [-0.4, -0.2) is 35.5 Å². The maximum Gasteiger partial charge on any atom is 0.416 e. The van der Waals surface area contributed by atoms with E-state index < -0.39 is 41.6 Å². The van der Waals surface area contributed by atoms with Crippen LogP contribution >= 0.6 is 0 Å². The first-order valence-corrected chi connectivity index (χ1v) is 12.7. The van der Waals surface area contributed by atoms with E-state index in [1.165, 1.54) is 17.0 Å². The first kappa shape index (κ1) is 29.1. The molecule has 4 amide bonds. The minimum absolute atomic E-state index is 0.00306. The Morgan fingerprint density at radius 1 is 0.976 bits per heavy atom. The van der Waals surface area contributed by atoms with Gasteiger partial charge in [-0.05, 0) is 41.5 Å². The Labute approximate surface area is 233 Å². The summed E-state index contributed by atoms with van der Waals surface area (Å²) in [6.07, 6.45) is -4.82. The third-order valence-electron chi connectivity index (χ3n) is 6.54. The first-order chi connectivity index (χ1) is 19.5. The number of nitrogens with zero attached hydrogens (tertiary/aromatic N) is 1. The molecule has 12 heteroatoms. The van der Waals surface area contributed by atoms with Crippen LogP contribution in [0.2, 0.25) is 0 Å². The van der Waals surface area contributed by atoms with Gasteiger partial charge in [-0.15, -0.1) is 0 Å². The molecule has 1 aliphatic rings. The molecule has 3 aromatic rings. The number of amides is 4. The zero-order valence-electron chi connectivity index (χ0n) is 21.6. The highest BCUT2D eigenvalue weighted by molar-refractivity contribution is 6.01. The van der Waals surface area contributed by atoms with Crippen molar-refractivity contribution in [2.75, 3.05) is 16.8 Å². The minimum Gasteiger partial charge on any atom is -0.481 e. The van der Waals surface area contributed by atoms with E-state index >= 15 is 0 Å². The second kappa shape index (κ2) is 12.5. The number of carboxylic acids is 1. The molecule has 0 spiro atoms. The lowest BCUT2D eigenvalue weighted by atomic mass is 10.0. The SMILES string of the molecule is O=C(O)CC(NC(=O)C1CC(=O)N(c2cccc(NC(=O)NCc3ccc(C(F)(F)F)cc3)c2)C1)c1ccccc1. The van der Waals surface area contributed by atoms with Gasteiger partial charge in [-0.2, -0.15) is 13.2 Å². The van der Waals surface area contributed by atoms with Crippen molar-refractivity contribution in [3.8, 4) is 0 Å². The smallest absolute Gasteiger partial charge is 0.416 e. The number of nitrogens with one attached hydrogen (secondary N) is 3. The fraction of sp³-hybridized carbons (Fsp3) is 0.241. The number of halogens is 3. The summed E-state index contributed by atoms with van der Waals surface area (Å²) in [5.74, 6) is -2.52. The lowest BCUT2D eigenvalue weighted by Crippen LogP contribution is -2.36. The van der Waals surface area contributed by atoms with E-state index in [4.69, 9.17) is 0 Å². The highest BCUT2D eigenvalue weighted by Gasteiger charge is 2.36. The lowest BCUT2D eigenvalue weighted by molar-refractivity contribution is -0.138. The second-order valence-corrected chi connectivity index (χ2v) is 9.53. The molecular formula is C29H27F3N4O5. The van der Waals surface area contributed by atoms with Gasteiger partial charge in [0.15, 0.2) is 0 Å². The Hall–Kier alpha value is -4.87. The Balaban J connectivity index is 1.34. The number of carbonyl (C=O) groups excluding carboxylic acids is 3. The van der Waals surface area contributed by atoms with Crippen LogP contribution in [0.15, 0.2) is 78.9 Å². The quantitative estimate of drug-likeness (QED) is 0.297. The molecule has 1 aliphatic heterocycles. The van der Waals surface area contributed by atoms with E-state index in [0.29, 0.717) is 22.5 Å². The highest BCUT2D eigenvalue weighted by atomic mass is 19.4. The molecule has 3 aromatic carbocycles. The summed E-state index contributed by atoms with van der Waals surface area (Å²) < 4.78 is 38.2. The van der Waals surface area contributed by atoms with E-state index in [2.05, 4.69) is 16.0 Å². The van der Waals surface area contributed by atoms with E-state index in [0.717, 1.165) is 12.1 Å². The van der Waals surface area contributed by atoms with Crippen molar-refractivity contribution in [3.05, 3.63) is 95.6 Å². The molecule has 0 radical (unpaired) electrons. The van der Waals surface area contributed by atoms with Gasteiger partial charge in [0.25, 0.3) is 0 Å². The molecule has 4 N–H and O–H groups in total. The number of hydrogen-bond donors (Lipinski definition) is 4. The van der Waals surface area contributed by atoms with Gasteiger partial charge < -0.3 is 26.0 Å². The maximum atomic E-state index is 13.0. The predicted molar refractivity (Wildman–Crippen MR) is 144 cm³/mol. The maximum absolute atomic E-state index is 13.0. The van der Waals surface area contributed by atoms with Crippen LogP contribution in [0.3, 0.4) is 0 Å². The first-order valence-electron chi connectivity index (χ1n) is 12.7. The van der Waals surface area contributed by atoms with Gasteiger partial charge in [0.05, 0.1) is 23.9 Å². The van der Waals surface area contributed by atoms with Crippen molar-refractivity contribution in [3.63, 3.8) is 0 Å². The van der Waals surface area contributed by atoms with Crippen LogP contribution in [0, 0.1) is 5.92 Å². The van der Waals surface area contributed by atoms with Gasteiger partial charge in [0, 0.05) is 30.9 Å². The number of anilines is 2. The second-order valence-electron chi connectivity index (χ2n) is 9.53. The van der Waals surface area contributed by atoms with Crippen LogP contribution in [0.4, 0.5) is 29.3 Å². The van der Waals surface area contributed by atoms with Crippen LogP contribution in [0.1, 0.15) is 35.6 Å². The van der Waals surface area contributed by atoms with E-state index in [1.54, 1.807) is 54.6 Å². The molecule has 4 rings (SSSR count). The molecule has 1 fully saturated rings. The number of carboxylic acid groups (broad SMARTS) is 1. The molecule has 0 aliphatic carbocycles. The average Bonchev–Trinajstić information content (AvgIpc) is 3.33. The van der Waals surface area contributed by atoms with Crippen molar-refractivity contribution in [1.29, 1.82) is 0 Å². The molecule has 0 bridgehead atoms. The molecule has 41 heavy (non-hydrogen) atoms. The monoisotopic (exact) mass is 568 g/mol. The van der Waals surface area contributed by atoms with Gasteiger partial charge in [-0.1, -0.05) is 48.5 Å². The molecular weight excluding hydrogens is 541 g/mol. The summed E-state index contributed by atoms with van der Waals surface area (Å²) in [6, 6.07) is 18.2. The summed E-state index contributed by atoms with van der Waals surface area (Å²) in [6.45, 7) is 0.0692. The molecule has 0 aromatic heterocycles. The van der Waals surface area contributed by atoms with Crippen LogP contribution in [-0.2, 0) is 27.1 Å². The van der Waals surface area contributed by atoms with Crippen molar-refractivity contribution in [2.45, 2.75) is 31.6 Å². The number of aliphatic carboxylic acids is 1. The van der Waals surface area contributed by atoms with Crippen LogP contribution in [0.25, 0.3) is 0 Å². The van der Waals surface area contributed by atoms with Gasteiger partial charge in [-0.3, -0.25) is 14.4 Å².